The first-order chi connectivity index (χ1) is 9.90. The minimum atomic E-state index is -0.0640. The Balaban J connectivity index is 1.88. The quantitative estimate of drug-likeness (QED) is 0.823. The SMILES string of the molecule is Cc1ccc(N)cc1C(=O)NCCN1CCOCC1(C)C. The van der Waals surface area contributed by atoms with Crippen molar-refractivity contribution in [2.24, 2.45) is 0 Å². The summed E-state index contributed by atoms with van der Waals surface area (Å²) in [5.41, 5.74) is 7.97. The number of ether oxygens (including phenoxy) is 1. The van der Waals surface area contributed by atoms with Crippen molar-refractivity contribution in [1.82, 2.24) is 10.2 Å². The van der Waals surface area contributed by atoms with E-state index in [1.165, 1.54) is 0 Å². The molecule has 0 radical (unpaired) electrons. The van der Waals surface area contributed by atoms with E-state index in [0.29, 0.717) is 17.8 Å². The molecule has 3 N–H and O–H groups in total. The van der Waals surface area contributed by atoms with Crippen LogP contribution in [-0.4, -0.2) is 49.2 Å². The molecule has 1 aromatic rings. The summed E-state index contributed by atoms with van der Waals surface area (Å²) >= 11 is 0. The van der Waals surface area contributed by atoms with Crippen LogP contribution in [0.5, 0.6) is 0 Å². The molecule has 0 bridgehead atoms. The summed E-state index contributed by atoms with van der Waals surface area (Å²) in [5, 5.41) is 2.98. The van der Waals surface area contributed by atoms with Gasteiger partial charge in [-0.1, -0.05) is 6.07 Å². The fourth-order valence-electron chi connectivity index (χ4n) is 2.59. The molecule has 116 valence electrons. The number of morpholine rings is 1. The molecule has 0 aromatic heterocycles. The van der Waals surface area contributed by atoms with Crippen molar-refractivity contribution in [1.29, 1.82) is 0 Å². The van der Waals surface area contributed by atoms with Crippen LogP contribution in [0.3, 0.4) is 0 Å². The molecule has 21 heavy (non-hydrogen) atoms. The molecule has 0 atom stereocenters. The lowest BCUT2D eigenvalue weighted by Crippen LogP contribution is -2.54. The summed E-state index contributed by atoms with van der Waals surface area (Å²) in [6, 6.07) is 5.40. The average molecular weight is 291 g/mol. The number of rotatable bonds is 4. The number of hydrogen-bond donors (Lipinski definition) is 2. The van der Waals surface area contributed by atoms with Crippen molar-refractivity contribution in [3.63, 3.8) is 0 Å². The number of amides is 1. The third kappa shape index (κ3) is 3.95. The molecule has 0 saturated carbocycles. The second-order valence-electron chi connectivity index (χ2n) is 6.18. The van der Waals surface area contributed by atoms with E-state index in [2.05, 4.69) is 24.1 Å². The highest BCUT2D eigenvalue weighted by molar-refractivity contribution is 5.96. The Bertz CT molecular complexity index is 514. The molecule has 2 rings (SSSR count). The van der Waals surface area contributed by atoms with Gasteiger partial charge in [0.25, 0.3) is 5.91 Å². The highest BCUT2D eigenvalue weighted by Gasteiger charge is 2.29. The minimum Gasteiger partial charge on any atom is -0.399 e. The molecule has 1 fully saturated rings. The molecule has 1 aromatic carbocycles. The van der Waals surface area contributed by atoms with Gasteiger partial charge >= 0.3 is 0 Å². The zero-order valence-electron chi connectivity index (χ0n) is 13.1. The summed E-state index contributed by atoms with van der Waals surface area (Å²) in [7, 11) is 0. The predicted molar refractivity (Wildman–Crippen MR) is 84.4 cm³/mol. The number of nitrogens with two attached hydrogens (primary N) is 1. The number of benzene rings is 1. The summed E-state index contributed by atoms with van der Waals surface area (Å²) in [6.07, 6.45) is 0. The Morgan fingerprint density at radius 2 is 2.24 bits per heavy atom. The summed E-state index contributed by atoms with van der Waals surface area (Å²) < 4.78 is 5.50. The van der Waals surface area contributed by atoms with Crippen LogP contribution in [0.2, 0.25) is 0 Å². The van der Waals surface area contributed by atoms with E-state index in [4.69, 9.17) is 10.5 Å². The maximum absolute atomic E-state index is 12.2. The lowest BCUT2D eigenvalue weighted by atomic mass is 10.0. The van der Waals surface area contributed by atoms with Crippen LogP contribution in [0.1, 0.15) is 29.8 Å². The van der Waals surface area contributed by atoms with Crippen molar-refractivity contribution < 1.29 is 9.53 Å². The molecule has 1 saturated heterocycles. The summed E-state index contributed by atoms with van der Waals surface area (Å²) in [5.74, 6) is -0.0640. The number of anilines is 1. The Kier molecular flexibility index (Phi) is 4.85. The van der Waals surface area contributed by atoms with Crippen LogP contribution in [0, 0.1) is 6.92 Å². The molecule has 1 aliphatic rings. The number of nitrogens with one attached hydrogen (secondary N) is 1. The van der Waals surface area contributed by atoms with Crippen molar-refractivity contribution in [3.05, 3.63) is 29.3 Å². The van der Waals surface area contributed by atoms with Gasteiger partial charge in [-0.25, -0.2) is 0 Å². The molecule has 0 spiro atoms. The van der Waals surface area contributed by atoms with Crippen molar-refractivity contribution in [2.45, 2.75) is 26.3 Å². The molecular formula is C16H25N3O2. The van der Waals surface area contributed by atoms with Gasteiger partial charge in [-0.3, -0.25) is 9.69 Å². The van der Waals surface area contributed by atoms with Gasteiger partial charge in [0.1, 0.15) is 0 Å². The number of carbonyl (C=O) groups is 1. The normalized spacial score (nSPS) is 18.4. The largest absolute Gasteiger partial charge is 0.399 e. The molecule has 1 aliphatic heterocycles. The van der Waals surface area contributed by atoms with Crippen molar-refractivity contribution in [2.75, 3.05) is 38.6 Å². The Morgan fingerprint density at radius 3 is 2.95 bits per heavy atom. The van der Waals surface area contributed by atoms with Crippen LogP contribution >= 0.6 is 0 Å². The van der Waals surface area contributed by atoms with Gasteiger partial charge in [0.2, 0.25) is 0 Å². The fraction of sp³-hybridized carbons (Fsp3) is 0.562. The van der Waals surface area contributed by atoms with Gasteiger partial charge in [-0.15, -0.1) is 0 Å². The Labute approximate surface area is 126 Å². The highest BCUT2D eigenvalue weighted by atomic mass is 16.5. The monoisotopic (exact) mass is 291 g/mol. The van der Waals surface area contributed by atoms with E-state index in [9.17, 15) is 4.79 Å². The van der Waals surface area contributed by atoms with E-state index in [-0.39, 0.29) is 11.4 Å². The molecule has 5 nitrogen and oxygen atoms in total. The first-order valence-corrected chi connectivity index (χ1v) is 7.37. The standard InChI is InChI=1S/C16H25N3O2/c1-12-4-5-13(17)10-14(12)15(20)18-6-7-19-8-9-21-11-16(19,2)3/h4-5,10H,6-9,11,17H2,1-3H3,(H,18,20). The minimum absolute atomic E-state index is 0.0239. The van der Waals surface area contributed by atoms with Crippen LogP contribution in [-0.2, 0) is 4.74 Å². The van der Waals surface area contributed by atoms with Gasteiger partial charge in [-0.05, 0) is 38.5 Å². The molecule has 0 unspecified atom stereocenters. The predicted octanol–water partition coefficient (Wildman–Crippen LogP) is 1.42. The van der Waals surface area contributed by atoms with E-state index >= 15 is 0 Å². The lowest BCUT2D eigenvalue weighted by molar-refractivity contribution is -0.0498. The number of carbonyl (C=O) groups excluding carboxylic acids is 1. The van der Waals surface area contributed by atoms with Crippen LogP contribution in [0.15, 0.2) is 18.2 Å². The van der Waals surface area contributed by atoms with Crippen molar-refractivity contribution >= 4 is 11.6 Å². The number of hydrogen-bond acceptors (Lipinski definition) is 4. The molecule has 1 amide bonds. The van der Waals surface area contributed by atoms with E-state index in [1.54, 1.807) is 6.07 Å². The third-order valence-electron chi connectivity index (χ3n) is 3.99. The second-order valence-corrected chi connectivity index (χ2v) is 6.18. The van der Waals surface area contributed by atoms with Crippen molar-refractivity contribution in [3.8, 4) is 0 Å². The molecule has 1 heterocycles. The Morgan fingerprint density at radius 1 is 1.48 bits per heavy atom. The molecule has 5 heteroatoms. The van der Waals surface area contributed by atoms with Gasteiger partial charge in [0.15, 0.2) is 0 Å². The first kappa shape index (κ1) is 15.8. The van der Waals surface area contributed by atoms with Gasteiger partial charge in [0, 0.05) is 36.4 Å². The van der Waals surface area contributed by atoms with Gasteiger partial charge < -0.3 is 15.8 Å². The maximum atomic E-state index is 12.2. The highest BCUT2D eigenvalue weighted by Crippen LogP contribution is 2.18. The summed E-state index contributed by atoms with van der Waals surface area (Å²) in [6.45, 7) is 10.1. The van der Waals surface area contributed by atoms with Crippen LogP contribution < -0.4 is 11.1 Å². The molecular weight excluding hydrogens is 266 g/mol. The van der Waals surface area contributed by atoms with E-state index in [0.717, 1.165) is 31.9 Å². The summed E-state index contributed by atoms with van der Waals surface area (Å²) in [4.78, 5) is 14.6. The number of nitrogen functional groups attached to an aromatic ring is 1. The van der Waals surface area contributed by atoms with Gasteiger partial charge in [0.05, 0.1) is 13.2 Å². The smallest absolute Gasteiger partial charge is 0.251 e. The Hall–Kier alpha value is -1.59. The zero-order valence-corrected chi connectivity index (χ0v) is 13.1. The third-order valence-corrected chi connectivity index (χ3v) is 3.99. The van der Waals surface area contributed by atoms with E-state index < -0.39 is 0 Å². The lowest BCUT2D eigenvalue weighted by Gasteiger charge is -2.42. The fourth-order valence-corrected chi connectivity index (χ4v) is 2.59. The van der Waals surface area contributed by atoms with E-state index in [1.807, 2.05) is 19.1 Å². The maximum Gasteiger partial charge on any atom is 0.251 e. The first-order valence-electron chi connectivity index (χ1n) is 7.37. The average Bonchev–Trinajstić information content (AvgIpc) is 2.43. The zero-order chi connectivity index (χ0) is 15.5. The van der Waals surface area contributed by atoms with Gasteiger partial charge in [-0.2, -0.15) is 0 Å². The van der Waals surface area contributed by atoms with Crippen LogP contribution in [0.4, 0.5) is 5.69 Å². The second kappa shape index (κ2) is 6.45. The molecule has 0 aliphatic carbocycles. The number of aryl methyl sites for hydroxylation is 1. The number of nitrogens with zero attached hydrogens (tertiary/aromatic N) is 1. The topological polar surface area (TPSA) is 67.6 Å². The van der Waals surface area contributed by atoms with Crippen LogP contribution in [0.25, 0.3) is 0 Å².